The summed E-state index contributed by atoms with van der Waals surface area (Å²) in [5.41, 5.74) is 0. The fourth-order valence-electron chi connectivity index (χ4n) is 5.55. The van der Waals surface area contributed by atoms with Crippen molar-refractivity contribution < 1.29 is 9.59 Å². The fourth-order valence-corrected chi connectivity index (χ4v) is 5.55. The lowest BCUT2D eigenvalue weighted by Gasteiger charge is -2.43. The highest BCUT2D eigenvalue weighted by molar-refractivity contribution is 5.78. The van der Waals surface area contributed by atoms with Crippen LogP contribution >= 0.6 is 0 Å². The Morgan fingerprint density at radius 3 is 2.10 bits per heavy atom. The summed E-state index contributed by atoms with van der Waals surface area (Å²) in [5.74, 6) is 1.30. The molecule has 0 aromatic rings. The molecule has 164 valence electrons. The van der Waals surface area contributed by atoms with Crippen molar-refractivity contribution in [3.63, 3.8) is 0 Å². The molecule has 29 heavy (non-hydrogen) atoms. The summed E-state index contributed by atoms with van der Waals surface area (Å²) >= 11 is 0. The summed E-state index contributed by atoms with van der Waals surface area (Å²) in [6, 6.07) is 1.09. The first-order chi connectivity index (χ1) is 14.2. The van der Waals surface area contributed by atoms with Crippen molar-refractivity contribution in [2.45, 2.75) is 82.7 Å². The average Bonchev–Trinajstić information content (AvgIpc) is 3.21. The number of likely N-dealkylation sites (tertiary alicyclic amines) is 1. The van der Waals surface area contributed by atoms with E-state index in [-0.39, 0.29) is 11.8 Å². The molecule has 2 aliphatic carbocycles. The number of hydrogen-bond donors (Lipinski definition) is 1. The molecule has 2 saturated heterocycles. The van der Waals surface area contributed by atoms with Gasteiger partial charge in [0.1, 0.15) is 0 Å². The molecule has 0 radical (unpaired) electrons. The summed E-state index contributed by atoms with van der Waals surface area (Å²) < 4.78 is 0. The van der Waals surface area contributed by atoms with Gasteiger partial charge in [-0.15, -0.1) is 0 Å². The first-order valence-electron chi connectivity index (χ1n) is 12.2. The topological polar surface area (TPSA) is 55.9 Å². The zero-order chi connectivity index (χ0) is 20.1. The van der Waals surface area contributed by atoms with E-state index in [0.717, 1.165) is 70.5 Å². The lowest BCUT2D eigenvalue weighted by molar-refractivity contribution is -0.135. The van der Waals surface area contributed by atoms with E-state index in [4.69, 9.17) is 0 Å². The third kappa shape index (κ3) is 5.94. The smallest absolute Gasteiger partial charge is 0.236 e. The van der Waals surface area contributed by atoms with Gasteiger partial charge in [-0.05, 0) is 38.0 Å². The molecular weight excluding hydrogens is 364 g/mol. The molecular formula is C23H40N4O2. The Morgan fingerprint density at radius 1 is 0.793 bits per heavy atom. The van der Waals surface area contributed by atoms with Gasteiger partial charge in [-0.2, -0.15) is 0 Å². The lowest BCUT2D eigenvalue weighted by atomic mass is 9.91. The van der Waals surface area contributed by atoms with Crippen molar-refractivity contribution >= 4 is 11.8 Å². The maximum absolute atomic E-state index is 12.7. The molecule has 2 saturated carbocycles. The number of amides is 2. The molecule has 0 aromatic carbocycles. The number of piperidine rings is 1. The van der Waals surface area contributed by atoms with Gasteiger partial charge in [0, 0.05) is 57.8 Å². The Morgan fingerprint density at radius 2 is 1.48 bits per heavy atom. The quantitative estimate of drug-likeness (QED) is 0.707. The largest absolute Gasteiger partial charge is 0.353 e. The highest BCUT2D eigenvalue weighted by Crippen LogP contribution is 2.28. The predicted octanol–water partition coefficient (Wildman–Crippen LogP) is 2.23. The monoisotopic (exact) mass is 404 g/mol. The standard InChI is InChI=1S/C23H40N4O2/c28-22(9-8-19-4-1-2-5-19)24-20-10-12-25(13-11-20)18-23(29)27-16-14-26(15-17-27)21-6-3-7-21/h19-21H,1-18H2,(H,24,28). The molecule has 2 heterocycles. The van der Waals surface area contributed by atoms with Crippen LogP contribution in [0.1, 0.15) is 70.6 Å². The number of carbonyl (C=O) groups excluding carboxylic acids is 2. The molecule has 2 aliphatic heterocycles. The first-order valence-corrected chi connectivity index (χ1v) is 12.2. The highest BCUT2D eigenvalue weighted by Gasteiger charge is 2.30. The predicted molar refractivity (Wildman–Crippen MR) is 115 cm³/mol. The van der Waals surface area contributed by atoms with Gasteiger partial charge in [0.05, 0.1) is 6.54 Å². The first kappa shape index (κ1) is 21.1. The van der Waals surface area contributed by atoms with Crippen LogP contribution in [0.2, 0.25) is 0 Å². The maximum Gasteiger partial charge on any atom is 0.236 e. The number of piperazine rings is 1. The second-order valence-electron chi connectivity index (χ2n) is 9.81. The van der Waals surface area contributed by atoms with E-state index in [2.05, 4.69) is 20.0 Å². The van der Waals surface area contributed by atoms with Crippen LogP contribution < -0.4 is 5.32 Å². The van der Waals surface area contributed by atoms with Crippen molar-refractivity contribution in [1.82, 2.24) is 20.0 Å². The van der Waals surface area contributed by atoms with Crippen molar-refractivity contribution in [1.29, 1.82) is 0 Å². The summed E-state index contributed by atoms with van der Waals surface area (Å²) in [7, 11) is 0. The summed E-state index contributed by atoms with van der Waals surface area (Å²) in [5, 5.41) is 3.24. The van der Waals surface area contributed by atoms with Gasteiger partial charge in [0.25, 0.3) is 0 Å². The van der Waals surface area contributed by atoms with Crippen LogP contribution in [0.5, 0.6) is 0 Å². The Bertz CT molecular complexity index is 543. The van der Waals surface area contributed by atoms with Gasteiger partial charge in [-0.25, -0.2) is 0 Å². The summed E-state index contributed by atoms with van der Waals surface area (Å²) in [4.78, 5) is 31.9. The maximum atomic E-state index is 12.7. The second kappa shape index (κ2) is 10.3. The van der Waals surface area contributed by atoms with Gasteiger partial charge < -0.3 is 10.2 Å². The van der Waals surface area contributed by atoms with Gasteiger partial charge in [-0.3, -0.25) is 19.4 Å². The molecule has 0 bridgehead atoms. The number of carbonyl (C=O) groups is 2. The van der Waals surface area contributed by atoms with Crippen LogP contribution in [0.3, 0.4) is 0 Å². The minimum absolute atomic E-state index is 0.232. The summed E-state index contributed by atoms with van der Waals surface area (Å²) in [6.07, 6.45) is 13.1. The number of hydrogen-bond acceptors (Lipinski definition) is 4. The van der Waals surface area contributed by atoms with E-state index in [1.54, 1.807) is 0 Å². The van der Waals surface area contributed by atoms with Crippen molar-refractivity contribution in [2.24, 2.45) is 5.92 Å². The second-order valence-corrected chi connectivity index (χ2v) is 9.81. The van der Waals surface area contributed by atoms with Crippen LogP contribution in [-0.2, 0) is 9.59 Å². The Hall–Kier alpha value is -1.14. The molecule has 0 atom stereocenters. The molecule has 0 unspecified atom stereocenters. The molecule has 6 heteroatoms. The van der Waals surface area contributed by atoms with Crippen LogP contribution in [-0.4, -0.2) is 84.4 Å². The Kier molecular flexibility index (Phi) is 7.46. The lowest BCUT2D eigenvalue weighted by Crippen LogP contribution is -2.55. The molecule has 0 aromatic heterocycles. The van der Waals surface area contributed by atoms with E-state index in [1.165, 1.54) is 44.9 Å². The molecule has 0 spiro atoms. The molecule has 6 nitrogen and oxygen atoms in total. The minimum Gasteiger partial charge on any atom is -0.353 e. The Labute approximate surface area is 176 Å². The fraction of sp³-hybridized carbons (Fsp3) is 0.913. The van der Waals surface area contributed by atoms with Gasteiger partial charge in [-0.1, -0.05) is 32.1 Å². The van der Waals surface area contributed by atoms with Crippen LogP contribution in [0.15, 0.2) is 0 Å². The van der Waals surface area contributed by atoms with Crippen molar-refractivity contribution in [3.05, 3.63) is 0 Å². The third-order valence-electron chi connectivity index (χ3n) is 7.82. The Balaban J connectivity index is 1.09. The van der Waals surface area contributed by atoms with E-state index in [0.29, 0.717) is 19.0 Å². The number of nitrogens with zero attached hydrogens (tertiary/aromatic N) is 3. The zero-order valence-corrected chi connectivity index (χ0v) is 18.1. The molecule has 4 rings (SSSR count). The van der Waals surface area contributed by atoms with Crippen LogP contribution in [0.4, 0.5) is 0 Å². The molecule has 2 amide bonds. The van der Waals surface area contributed by atoms with Crippen molar-refractivity contribution in [2.75, 3.05) is 45.8 Å². The van der Waals surface area contributed by atoms with E-state index in [1.807, 2.05) is 0 Å². The number of rotatable bonds is 7. The zero-order valence-electron chi connectivity index (χ0n) is 18.1. The van der Waals surface area contributed by atoms with Gasteiger partial charge >= 0.3 is 0 Å². The highest BCUT2D eigenvalue weighted by atomic mass is 16.2. The van der Waals surface area contributed by atoms with Crippen LogP contribution in [0.25, 0.3) is 0 Å². The average molecular weight is 405 g/mol. The van der Waals surface area contributed by atoms with Gasteiger partial charge in [0.2, 0.25) is 11.8 Å². The SMILES string of the molecule is O=C(CCC1CCCC1)NC1CCN(CC(=O)N2CCN(C3CCC3)CC2)CC1. The molecule has 4 aliphatic rings. The van der Waals surface area contributed by atoms with Crippen molar-refractivity contribution in [3.8, 4) is 0 Å². The van der Waals surface area contributed by atoms with E-state index < -0.39 is 0 Å². The van der Waals surface area contributed by atoms with Gasteiger partial charge in [0.15, 0.2) is 0 Å². The third-order valence-corrected chi connectivity index (χ3v) is 7.82. The van der Waals surface area contributed by atoms with Crippen LogP contribution in [0, 0.1) is 5.92 Å². The van der Waals surface area contributed by atoms with E-state index in [9.17, 15) is 9.59 Å². The minimum atomic E-state index is 0.232. The molecule has 4 fully saturated rings. The molecule has 1 N–H and O–H groups in total. The number of nitrogens with one attached hydrogen (secondary N) is 1. The summed E-state index contributed by atoms with van der Waals surface area (Å²) in [6.45, 7) is 6.26. The van der Waals surface area contributed by atoms with E-state index >= 15 is 0 Å². The normalized spacial score (nSPS) is 25.9.